The molecule has 0 aliphatic carbocycles. The number of carbonyl (C=O) groups excluding carboxylic acids is 2. The van der Waals surface area contributed by atoms with Crippen LogP contribution >= 0.6 is 0 Å². The molecule has 1 amide bonds. The van der Waals surface area contributed by atoms with E-state index in [1.54, 1.807) is 19.1 Å². The van der Waals surface area contributed by atoms with Crippen molar-refractivity contribution in [2.45, 2.75) is 20.3 Å². The van der Waals surface area contributed by atoms with Gasteiger partial charge in [0, 0.05) is 25.1 Å². The van der Waals surface area contributed by atoms with Crippen molar-refractivity contribution < 1.29 is 9.59 Å². The van der Waals surface area contributed by atoms with E-state index in [2.05, 4.69) is 10.3 Å². The van der Waals surface area contributed by atoms with Gasteiger partial charge in [0.05, 0.1) is 0 Å². The van der Waals surface area contributed by atoms with Crippen molar-refractivity contribution in [2.75, 3.05) is 5.32 Å². The lowest BCUT2D eigenvalue weighted by Crippen LogP contribution is -2.08. The molecule has 4 heteroatoms. The van der Waals surface area contributed by atoms with Crippen molar-refractivity contribution in [1.82, 2.24) is 4.98 Å². The van der Waals surface area contributed by atoms with Gasteiger partial charge in [0.2, 0.25) is 5.91 Å². The Morgan fingerprint density at radius 2 is 2.14 bits per heavy atom. The van der Waals surface area contributed by atoms with E-state index in [1.165, 1.54) is 13.1 Å². The van der Waals surface area contributed by atoms with Gasteiger partial charge in [-0.3, -0.25) is 9.59 Å². The average molecular weight is 192 g/mol. The molecule has 1 aromatic rings. The van der Waals surface area contributed by atoms with Crippen LogP contribution in [0.2, 0.25) is 0 Å². The maximum atomic E-state index is 11.2. The first kappa shape index (κ1) is 10.4. The molecule has 0 unspecified atom stereocenters. The van der Waals surface area contributed by atoms with Crippen molar-refractivity contribution in [3.63, 3.8) is 0 Å². The van der Waals surface area contributed by atoms with Gasteiger partial charge in [0.1, 0.15) is 5.82 Å². The SMILES string of the molecule is CCC(=O)c1ccc(NC(C)=O)nc1. The van der Waals surface area contributed by atoms with Crippen LogP contribution in [-0.2, 0) is 4.79 Å². The Morgan fingerprint density at radius 1 is 1.43 bits per heavy atom. The van der Waals surface area contributed by atoms with Gasteiger partial charge in [0.25, 0.3) is 0 Å². The smallest absolute Gasteiger partial charge is 0.222 e. The highest BCUT2D eigenvalue weighted by atomic mass is 16.1. The Balaban J connectivity index is 2.78. The lowest BCUT2D eigenvalue weighted by molar-refractivity contribution is -0.114. The molecule has 74 valence electrons. The van der Waals surface area contributed by atoms with Gasteiger partial charge in [-0.1, -0.05) is 6.92 Å². The molecule has 0 radical (unpaired) electrons. The number of rotatable bonds is 3. The van der Waals surface area contributed by atoms with Crippen LogP contribution < -0.4 is 5.32 Å². The van der Waals surface area contributed by atoms with Crippen LogP contribution in [-0.4, -0.2) is 16.7 Å². The monoisotopic (exact) mass is 192 g/mol. The second-order valence-corrected chi connectivity index (χ2v) is 2.89. The fourth-order valence-electron chi connectivity index (χ4n) is 1.02. The standard InChI is InChI=1S/C10H12N2O2/c1-3-9(14)8-4-5-10(11-6-8)12-7(2)13/h4-6H,3H2,1-2H3,(H,11,12,13). The highest BCUT2D eigenvalue weighted by Crippen LogP contribution is 2.06. The van der Waals surface area contributed by atoms with Gasteiger partial charge >= 0.3 is 0 Å². The molecule has 1 N–H and O–H groups in total. The molecule has 0 atom stereocenters. The van der Waals surface area contributed by atoms with Gasteiger partial charge < -0.3 is 5.32 Å². The van der Waals surface area contributed by atoms with Crippen molar-refractivity contribution in [3.05, 3.63) is 23.9 Å². The molecule has 0 aliphatic rings. The van der Waals surface area contributed by atoms with Crippen molar-refractivity contribution in [2.24, 2.45) is 0 Å². The van der Waals surface area contributed by atoms with Crippen LogP contribution in [0.5, 0.6) is 0 Å². The van der Waals surface area contributed by atoms with Crippen LogP contribution in [0.15, 0.2) is 18.3 Å². The number of hydrogen-bond donors (Lipinski definition) is 1. The molecule has 0 saturated carbocycles. The van der Waals surface area contributed by atoms with E-state index in [4.69, 9.17) is 0 Å². The summed E-state index contributed by atoms with van der Waals surface area (Å²) in [6.07, 6.45) is 1.93. The number of ketones is 1. The van der Waals surface area contributed by atoms with E-state index in [0.717, 1.165) is 0 Å². The van der Waals surface area contributed by atoms with E-state index in [-0.39, 0.29) is 11.7 Å². The topological polar surface area (TPSA) is 59.1 Å². The lowest BCUT2D eigenvalue weighted by atomic mass is 10.1. The molecule has 0 spiro atoms. The Kier molecular flexibility index (Phi) is 3.34. The van der Waals surface area contributed by atoms with E-state index in [0.29, 0.717) is 17.8 Å². The summed E-state index contributed by atoms with van der Waals surface area (Å²) in [5.74, 6) is 0.337. The largest absolute Gasteiger partial charge is 0.311 e. The summed E-state index contributed by atoms with van der Waals surface area (Å²) in [4.78, 5) is 25.8. The van der Waals surface area contributed by atoms with E-state index < -0.39 is 0 Å². The number of anilines is 1. The minimum absolute atomic E-state index is 0.0480. The van der Waals surface area contributed by atoms with Gasteiger partial charge in [-0.05, 0) is 12.1 Å². The van der Waals surface area contributed by atoms with Crippen molar-refractivity contribution >= 4 is 17.5 Å². The number of amides is 1. The third-order valence-corrected chi connectivity index (χ3v) is 1.71. The first-order chi connectivity index (χ1) is 6.63. The Labute approximate surface area is 82.3 Å². The minimum atomic E-state index is -0.174. The number of nitrogens with zero attached hydrogens (tertiary/aromatic N) is 1. The summed E-state index contributed by atoms with van der Waals surface area (Å²) >= 11 is 0. The molecule has 1 heterocycles. The number of carbonyl (C=O) groups is 2. The molecule has 4 nitrogen and oxygen atoms in total. The molecular weight excluding hydrogens is 180 g/mol. The van der Waals surface area contributed by atoms with Crippen LogP contribution in [0.3, 0.4) is 0 Å². The second-order valence-electron chi connectivity index (χ2n) is 2.89. The van der Waals surface area contributed by atoms with E-state index in [9.17, 15) is 9.59 Å². The summed E-state index contributed by atoms with van der Waals surface area (Å²) < 4.78 is 0. The van der Waals surface area contributed by atoms with Crippen LogP contribution in [0.1, 0.15) is 30.6 Å². The molecule has 0 aromatic carbocycles. The predicted octanol–water partition coefficient (Wildman–Crippen LogP) is 1.63. The van der Waals surface area contributed by atoms with Gasteiger partial charge in [-0.15, -0.1) is 0 Å². The van der Waals surface area contributed by atoms with Crippen LogP contribution in [0.25, 0.3) is 0 Å². The number of aromatic nitrogens is 1. The normalized spacial score (nSPS) is 9.57. The number of pyridine rings is 1. The molecule has 0 fully saturated rings. The Morgan fingerprint density at radius 3 is 2.57 bits per heavy atom. The highest BCUT2D eigenvalue weighted by molar-refractivity contribution is 5.96. The summed E-state index contributed by atoms with van der Waals surface area (Å²) in [7, 11) is 0. The Bertz CT molecular complexity index is 344. The quantitative estimate of drug-likeness (QED) is 0.740. The van der Waals surface area contributed by atoms with Crippen LogP contribution in [0.4, 0.5) is 5.82 Å². The zero-order chi connectivity index (χ0) is 10.6. The van der Waals surface area contributed by atoms with Gasteiger partial charge in [-0.2, -0.15) is 0 Å². The first-order valence-electron chi connectivity index (χ1n) is 4.40. The predicted molar refractivity (Wildman–Crippen MR) is 53.2 cm³/mol. The first-order valence-corrected chi connectivity index (χ1v) is 4.40. The zero-order valence-electron chi connectivity index (χ0n) is 8.20. The second kappa shape index (κ2) is 4.50. The fraction of sp³-hybridized carbons (Fsp3) is 0.300. The maximum Gasteiger partial charge on any atom is 0.222 e. The third-order valence-electron chi connectivity index (χ3n) is 1.71. The molecule has 0 aliphatic heterocycles. The molecule has 1 aromatic heterocycles. The van der Waals surface area contributed by atoms with E-state index >= 15 is 0 Å². The third kappa shape index (κ3) is 2.65. The van der Waals surface area contributed by atoms with Crippen LogP contribution in [0, 0.1) is 0 Å². The molecule has 1 rings (SSSR count). The Hall–Kier alpha value is -1.71. The maximum absolute atomic E-state index is 11.2. The minimum Gasteiger partial charge on any atom is -0.311 e. The summed E-state index contributed by atoms with van der Waals surface area (Å²) in [6, 6.07) is 3.27. The summed E-state index contributed by atoms with van der Waals surface area (Å²) in [5, 5.41) is 2.53. The molecule has 0 bridgehead atoms. The molecule has 0 saturated heterocycles. The number of nitrogens with one attached hydrogen (secondary N) is 1. The van der Waals surface area contributed by atoms with Gasteiger partial charge in [-0.25, -0.2) is 4.98 Å². The van der Waals surface area contributed by atoms with Gasteiger partial charge in [0.15, 0.2) is 5.78 Å². The summed E-state index contributed by atoms with van der Waals surface area (Å²) in [6.45, 7) is 3.21. The fourth-order valence-corrected chi connectivity index (χ4v) is 1.02. The molecule has 14 heavy (non-hydrogen) atoms. The zero-order valence-corrected chi connectivity index (χ0v) is 8.20. The van der Waals surface area contributed by atoms with Crippen molar-refractivity contribution in [3.8, 4) is 0 Å². The number of hydrogen-bond acceptors (Lipinski definition) is 3. The average Bonchev–Trinajstić information content (AvgIpc) is 2.17. The molecular formula is C10H12N2O2. The highest BCUT2D eigenvalue weighted by Gasteiger charge is 2.03. The lowest BCUT2D eigenvalue weighted by Gasteiger charge is -2.01. The number of Topliss-reactive ketones (excluding diaryl/α,β-unsaturated/α-hetero) is 1. The van der Waals surface area contributed by atoms with E-state index in [1.807, 2.05) is 0 Å². The van der Waals surface area contributed by atoms with Crippen molar-refractivity contribution in [1.29, 1.82) is 0 Å². The summed E-state index contributed by atoms with van der Waals surface area (Å²) in [5.41, 5.74) is 0.571.